The van der Waals surface area contributed by atoms with Gasteiger partial charge in [0.25, 0.3) is 0 Å². The third-order valence-electron chi connectivity index (χ3n) is 4.96. The molecule has 2 saturated heterocycles. The van der Waals surface area contributed by atoms with E-state index >= 15 is 0 Å². The summed E-state index contributed by atoms with van der Waals surface area (Å²) in [4.78, 5) is 40.1. The van der Waals surface area contributed by atoms with E-state index in [1.165, 1.54) is 9.80 Å². The molecular weight excluding hydrogens is 389 g/mol. The van der Waals surface area contributed by atoms with Gasteiger partial charge in [-0.05, 0) is 46.5 Å². The molecule has 0 bridgehead atoms. The van der Waals surface area contributed by atoms with Crippen molar-refractivity contribution in [1.82, 2.24) is 14.9 Å². The fraction of sp³-hybridized carbons (Fsp3) is 0.824. The molecule has 2 amide bonds. The highest BCUT2D eigenvalue weighted by molar-refractivity contribution is 7.51. The zero-order valence-electron chi connectivity index (χ0n) is 16.6. The van der Waals surface area contributed by atoms with Crippen LogP contribution in [0.25, 0.3) is 0 Å². The van der Waals surface area contributed by atoms with Crippen molar-refractivity contribution >= 4 is 25.5 Å². The predicted molar refractivity (Wildman–Crippen MR) is 101 cm³/mol. The highest BCUT2D eigenvalue weighted by atomic mass is 31.2. The van der Waals surface area contributed by atoms with Crippen molar-refractivity contribution in [2.45, 2.75) is 64.6 Å². The van der Waals surface area contributed by atoms with Crippen molar-refractivity contribution in [3.05, 3.63) is 0 Å². The van der Waals surface area contributed by atoms with E-state index in [0.717, 1.165) is 0 Å². The number of carbonyl (C=O) groups excluding carboxylic acids is 2. The Balaban J connectivity index is 2.08. The third-order valence-corrected chi connectivity index (χ3v) is 6.86. The first-order valence-corrected chi connectivity index (χ1v) is 11.3. The number of nitrogens with zero attached hydrogens (tertiary/aromatic N) is 2. The fourth-order valence-corrected chi connectivity index (χ4v) is 5.25. The minimum Gasteiger partial charge on any atom is -0.480 e. The molecular formula is C17H30N3O7P. The highest BCUT2D eigenvalue weighted by Gasteiger charge is 2.43. The van der Waals surface area contributed by atoms with Gasteiger partial charge in [0.1, 0.15) is 12.1 Å². The summed E-state index contributed by atoms with van der Waals surface area (Å²) in [5.41, 5.74) is 0. The van der Waals surface area contributed by atoms with Crippen LogP contribution in [0.2, 0.25) is 0 Å². The summed E-state index contributed by atoms with van der Waals surface area (Å²) in [6.45, 7) is 5.96. The summed E-state index contributed by atoms with van der Waals surface area (Å²) in [5, 5.41) is 12.0. The van der Waals surface area contributed by atoms with Gasteiger partial charge in [-0.1, -0.05) is 0 Å². The van der Waals surface area contributed by atoms with Crippen LogP contribution in [0.3, 0.4) is 0 Å². The molecule has 0 aromatic carbocycles. The van der Waals surface area contributed by atoms with Gasteiger partial charge in [-0.15, -0.1) is 0 Å². The van der Waals surface area contributed by atoms with Crippen molar-refractivity contribution in [3.8, 4) is 0 Å². The monoisotopic (exact) mass is 419 g/mol. The molecule has 2 aliphatic rings. The number of hydrogen-bond donors (Lipinski definition) is 2. The first-order chi connectivity index (χ1) is 13.2. The minimum absolute atomic E-state index is 0.154. The lowest BCUT2D eigenvalue weighted by atomic mass is 10.1. The maximum Gasteiger partial charge on any atom is 0.406 e. The van der Waals surface area contributed by atoms with Crippen molar-refractivity contribution in [1.29, 1.82) is 0 Å². The van der Waals surface area contributed by atoms with Gasteiger partial charge in [-0.2, -0.15) is 0 Å². The van der Waals surface area contributed by atoms with Gasteiger partial charge in [-0.25, -0.2) is 14.4 Å². The van der Waals surface area contributed by atoms with E-state index < -0.39 is 31.8 Å². The van der Waals surface area contributed by atoms with Crippen LogP contribution in [0, 0.1) is 0 Å². The van der Waals surface area contributed by atoms with Gasteiger partial charge in [0.05, 0.1) is 19.3 Å². The molecule has 0 unspecified atom stereocenters. The average molecular weight is 419 g/mol. The quantitative estimate of drug-likeness (QED) is 0.534. The molecule has 0 spiro atoms. The van der Waals surface area contributed by atoms with Crippen LogP contribution in [-0.2, 0) is 28.0 Å². The zero-order valence-corrected chi connectivity index (χ0v) is 17.5. The smallest absolute Gasteiger partial charge is 0.406 e. The summed E-state index contributed by atoms with van der Waals surface area (Å²) in [5.74, 6) is -1.74. The van der Waals surface area contributed by atoms with E-state index in [4.69, 9.17) is 9.05 Å². The number of carbonyl (C=O) groups is 3. The molecule has 0 radical (unpaired) electrons. The summed E-state index contributed by atoms with van der Waals surface area (Å²) in [7, 11) is -3.63. The summed E-state index contributed by atoms with van der Waals surface area (Å²) in [6.07, 6.45) is 2.18. The molecule has 0 aliphatic carbocycles. The van der Waals surface area contributed by atoms with Crippen LogP contribution in [0.5, 0.6) is 0 Å². The lowest BCUT2D eigenvalue weighted by Gasteiger charge is -2.32. The summed E-state index contributed by atoms with van der Waals surface area (Å²) >= 11 is 0. The Hall–Kier alpha value is -1.48. The van der Waals surface area contributed by atoms with Crippen LogP contribution in [0.1, 0.15) is 46.5 Å². The zero-order chi connectivity index (χ0) is 20.9. The number of nitrogens with one attached hydrogen (secondary N) is 1. The number of aliphatic carboxylic acids is 1. The van der Waals surface area contributed by atoms with Gasteiger partial charge in [0.2, 0.25) is 11.8 Å². The Morgan fingerprint density at radius 1 is 1.07 bits per heavy atom. The van der Waals surface area contributed by atoms with E-state index in [1.807, 2.05) is 0 Å². The van der Waals surface area contributed by atoms with Crippen molar-refractivity contribution < 1.29 is 33.1 Å². The van der Waals surface area contributed by atoms with Gasteiger partial charge >= 0.3 is 13.7 Å². The van der Waals surface area contributed by atoms with E-state index in [0.29, 0.717) is 38.8 Å². The van der Waals surface area contributed by atoms with Gasteiger partial charge in [0, 0.05) is 13.1 Å². The van der Waals surface area contributed by atoms with Crippen LogP contribution in [0.15, 0.2) is 0 Å². The molecule has 0 aromatic heterocycles. The SMILES string of the molecule is CCOP(=O)(N[C@@H](C)C(=O)N1CCC[C@H]1C(=O)N1CCC[C@H]1C(=O)O)OCC. The van der Waals surface area contributed by atoms with Gasteiger partial charge in [-0.3, -0.25) is 18.6 Å². The molecule has 160 valence electrons. The second-order valence-corrected chi connectivity index (χ2v) is 8.67. The normalized spacial score (nSPS) is 23.8. The van der Waals surface area contributed by atoms with E-state index in [-0.39, 0.29) is 25.0 Å². The first kappa shape index (κ1) is 22.8. The van der Waals surface area contributed by atoms with E-state index in [2.05, 4.69) is 5.09 Å². The van der Waals surface area contributed by atoms with Crippen molar-refractivity contribution in [2.24, 2.45) is 0 Å². The number of hydrogen-bond acceptors (Lipinski definition) is 6. The number of likely N-dealkylation sites (tertiary alicyclic amines) is 2. The van der Waals surface area contributed by atoms with Crippen LogP contribution in [-0.4, -0.2) is 77.1 Å². The Labute approximate surface area is 165 Å². The molecule has 0 aromatic rings. The Morgan fingerprint density at radius 3 is 2.14 bits per heavy atom. The maximum atomic E-state index is 12.9. The number of amides is 2. The van der Waals surface area contributed by atoms with Crippen LogP contribution in [0.4, 0.5) is 0 Å². The minimum atomic E-state index is -3.63. The molecule has 3 atom stereocenters. The Kier molecular flexibility index (Phi) is 8.00. The molecule has 2 aliphatic heterocycles. The van der Waals surface area contributed by atoms with Gasteiger partial charge < -0.3 is 14.9 Å². The molecule has 2 fully saturated rings. The molecule has 0 saturated carbocycles. The maximum absolute atomic E-state index is 12.9. The van der Waals surface area contributed by atoms with E-state index in [9.17, 15) is 24.1 Å². The largest absolute Gasteiger partial charge is 0.480 e. The number of carboxylic acids is 1. The Morgan fingerprint density at radius 2 is 1.61 bits per heavy atom. The molecule has 2 heterocycles. The highest BCUT2D eigenvalue weighted by Crippen LogP contribution is 2.44. The molecule has 2 N–H and O–H groups in total. The average Bonchev–Trinajstić information content (AvgIpc) is 3.30. The summed E-state index contributed by atoms with van der Waals surface area (Å²) in [6, 6.07) is -2.42. The van der Waals surface area contributed by atoms with Crippen molar-refractivity contribution in [3.63, 3.8) is 0 Å². The predicted octanol–water partition coefficient (Wildman–Crippen LogP) is 1.21. The molecule has 11 heteroatoms. The first-order valence-electron chi connectivity index (χ1n) is 9.74. The van der Waals surface area contributed by atoms with E-state index in [1.54, 1.807) is 20.8 Å². The molecule has 10 nitrogen and oxygen atoms in total. The topological polar surface area (TPSA) is 125 Å². The Bertz CT molecular complexity index is 634. The molecule has 2 rings (SSSR count). The lowest BCUT2D eigenvalue weighted by molar-refractivity contribution is -0.152. The number of rotatable bonds is 9. The van der Waals surface area contributed by atoms with Crippen LogP contribution < -0.4 is 5.09 Å². The van der Waals surface area contributed by atoms with Gasteiger partial charge in [0.15, 0.2) is 0 Å². The second-order valence-electron chi connectivity index (χ2n) is 6.90. The fourth-order valence-electron chi connectivity index (χ4n) is 3.76. The molecule has 28 heavy (non-hydrogen) atoms. The number of carboxylic acid groups (broad SMARTS) is 1. The van der Waals surface area contributed by atoms with Crippen LogP contribution >= 0.6 is 7.75 Å². The lowest BCUT2D eigenvalue weighted by Crippen LogP contribution is -2.53. The summed E-state index contributed by atoms with van der Waals surface area (Å²) < 4.78 is 22.9. The third kappa shape index (κ3) is 5.11. The van der Waals surface area contributed by atoms with Crippen molar-refractivity contribution in [2.75, 3.05) is 26.3 Å². The standard InChI is InChI=1S/C17H30N3O7P/c1-4-26-28(25,27-5-2)18-12(3)15(21)19-10-6-8-13(19)16(22)20-11-7-9-14(20)17(23)24/h12-14H,4-11H2,1-3H3,(H,18,25)(H,23,24)/t12-,13-,14-/m0/s1. The second kappa shape index (κ2) is 9.82.